The first kappa shape index (κ1) is 19.8. The number of carbonyl (C=O) groups excluding carboxylic acids is 1. The molecular weight excluding hydrogens is 419 g/mol. The highest BCUT2D eigenvalue weighted by molar-refractivity contribution is 7.98. The zero-order valence-electron chi connectivity index (χ0n) is 15.3. The van der Waals surface area contributed by atoms with E-state index in [1.807, 2.05) is 18.2 Å². The van der Waals surface area contributed by atoms with Gasteiger partial charge in [0, 0.05) is 29.0 Å². The van der Waals surface area contributed by atoms with Crippen LogP contribution in [0.2, 0.25) is 0 Å². The summed E-state index contributed by atoms with van der Waals surface area (Å²) in [6, 6.07) is 9.47. The highest BCUT2D eigenvalue weighted by atomic mass is 32.2. The van der Waals surface area contributed by atoms with Crippen molar-refractivity contribution in [3.8, 4) is 10.4 Å². The number of halogens is 3. The number of nitrogens with zero attached hydrogens (tertiary/aromatic N) is 2. The van der Waals surface area contributed by atoms with Crippen LogP contribution in [-0.2, 0) is 12.6 Å². The Morgan fingerprint density at radius 1 is 1.28 bits per heavy atom. The third-order valence-corrected chi connectivity index (χ3v) is 6.28. The quantitative estimate of drug-likeness (QED) is 0.502. The fraction of sp³-hybridized carbons (Fsp3) is 0.200. The number of amides is 2. The molecule has 2 aromatic carbocycles. The van der Waals surface area contributed by atoms with Crippen LogP contribution in [0.15, 0.2) is 53.0 Å². The Balaban J connectivity index is 1.60. The molecule has 2 heterocycles. The van der Waals surface area contributed by atoms with Gasteiger partial charge in [-0.1, -0.05) is 12.1 Å². The van der Waals surface area contributed by atoms with Crippen LogP contribution in [0.4, 0.5) is 29.3 Å². The van der Waals surface area contributed by atoms with Crippen LogP contribution in [0.1, 0.15) is 11.1 Å². The molecule has 0 atom stereocenters. The summed E-state index contributed by atoms with van der Waals surface area (Å²) in [7, 11) is 0. The second-order valence-electron chi connectivity index (χ2n) is 6.46. The number of fused-ring (bicyclic) bond motifs is 1. The van der Waals surface area contributed by atoms with Gasteiger partial charge in [-0.2, -0.15) is 13.2 Å². The largest absolute Gasteiger partial charge is 0.417 e. The fourth-order valence-electron chi connectivity index (χ4n) is 3.32. The summed E-state index contributed by atoms with van der Waals surface area (Å²) in [5.41, 5.74) is 3.56. The van der Waals surface area contributed by atoms with E-state index in [4.69, 9.17) is 0 Å². The number of benzene rings is 2. The number of thiazole rings is 1. The topological polar surface area (TPSA) is 45.2 Å². The van der Waals surface area contributed by atoms with Gasteiger partial charge < -0.3 is 5.32 Å². The molecule has 4 rings (SSSR count). The maximum Gasteiger partial charge on any atom is 0.417 e. The summed E-state index contributed by atoms with van der Waals surface area (Å²) in [5.74, 6) is 0. The molecule has 0 saturated carbocycles. The fourth-order valence-corrected chi connectivity index (χ4v) is 4.59. The van der Waals surface area contributed by atoms with E-state index in [-0.39, 0.29) is 4.90 Å². The summed E-state index contributed by atoms with van der Waals surface area (Å²) >= 11 is 2.54. The van der Waals surface area contributed by atoms with E-state index in [2.05, 4.69) is 10.3 Å². The van der Waals surface area contributed by atoms with Gasteiger partial charge in [-0.05, 0) is 48.1 Å². The summed E-state index contributed by atoms with van der Waals surface area (Å²) < 4.78 is 40.3. The van der Waals surface area contributed by atoms with Gasteiger partial charge in [0.15, 0.2) is 0 Å². The third kappa shape index (κ3) is 3.97. The second-order valence-corrected chi connectivity index (χ2v) is 8.19. The number of hydrogen-bond acceptors (Lipinski definition) is 4. The van der Waals surface area contributed by atoms with Gasteiger partial charge in [-0.25, -0.2) is 4.79 Å². The molecule has 2 amide bonds. The molecule has 150 valence electrons. The minimum atomic E-state index is -4.47. The maximum absolute atomic E-state index is 13.4. The smallest absolute Gasteiger partial charge is 0.308 e. The van der Waals surface area contributed by atoms with Crippen molar-refractivity contribution in [1.29, 1.82) is 0 Å². The first-order valence-electron chi connectivity index (χ1n) is 8.72. The van der Waals surface area contributed by atoms with E-state index in [0.717, 1.165) is 33.8 Å². The molecule has 1 aliphatic rings. The Labute approximate surface area is 173 Å². The monoisotopic (exact) mass is 435 g/mol. The number of urea groups is 1. The average molecular weight is 435 g/mol. The van der Waals surface area contributed by atoms with E-state index in [1.165, 1.54) is 16.2 Å². The van der Waals surface area contributed by atoms with Crippen molar-refractivity contribution in [3.63, 3.8) is 0 Å². The normalized spacial score (nSPS) is 13.4. The molecule has 4 nitrogen and oxygen atoms in total. The summed E-state index contributed by atoms with van der Waals surface area (Å²) in [6.45, 7) is 0.338. The number of carbonyl (C=O) groups is 1. The van der Waals surface area contributed by atoms with Crippen molar-refractivity contribution in [2.24, 2.45) is 0 Å². The lowest BCUT2D eigenvalue weighted by Crippen LogP contribution is -2.33. The molecular formula is C20H16F3N3OS2. The van der Waals surface area contributed by atoms with Gasteiger partial charge in [0.2, 0.25) is 0 Å². The van der Waals surface area contributed by atoms with Gasteiger partial charge in [0.25, 0.3) is 0 Å². The van der Waals surface area contributed by atoms with Crippen LogP contribution < -0.4 is 10.2 Å². The molecule has 0 saturated heterocycles. The van der Waals surface area contributed by atoms with E-state index in [0.29, 0.717) is 24.3 Å². The van der Waals surface area contributed by atoms with Crippen LogP contribution in [0, 0.1) is 0 Å². The Morgan fingerprint density at radius 2 is 2.10 bits per heavy atom. The molecule has 0 radical (unpaired) electrons. The first-order chi connectivity index (χ1) is 13.9. The molecule has 9 heteroatoms. The molecule has 0 bridgehead atoms. The number of anilines is 2. The first-order valence-corrected chi connectivity index (χ1v) is 10.8. The van der Waals surface area contributed by atoms with Gasteiger partial charge in [0.1, 0.15) is 0 Å². The van der Waals surface area contributed by atoms with Crippen molar-refractivity contribution in [2.45, 2.75) is 17.5 Å². The Hall–Kier alpha value is -2.52. The highest BCUT2D eigenvalue weighted by Gasteiger charge is 2.36. The molecule has 0 fully saturated rings. The summed E-state index contributed by atoms with van der Waals surface area (Å²) in [5, 5.41) is 2.80. The van der Waals surface area contributed by atoms with E-state index in [1.54, 1.807) is 30.1 Å². The number of aromatic nitrogens is 1. The van der Waals surface area contributed by atoms with Crippen LogP contribution in [-0.4, -0.2) is 23.8 Å². The zero-order valence-corrected chi connectivity index (χ0v) is 16.9. The van der Waals surface area contributed by atoms with Gasteiger partial charge >= 0.3 is 12.2 Å². The molecule has 1 aliphatic heterocycles. The standard InChI is InChI=1S/C20H16F3N3OS2/c1-28-17-8-12-5-6-26(16(12)9-15(17)20(21,22)23)19(27)25-14-4-2-3-13(7-14)18-10-24-11-29-18/h2-4,7-11H,5-6H2,1H3,(H,25,27). The van der Waals surface area contributed by atoms with E-state index < -0.39 is 17.8 Å². The summed E-state index contributed by atoms with van der Waals surface area (Å²) in [6.07, 6.45) is -0.590. The predicted octanol–water partition coefficient (Wildman–Crippen LogP) is 6.15. The predicted molar refractivity (Wildman–Crippen MR) is 111 cm³/mol. The number of nitrogens with one attached hydrogen (secondary N) is 1. The number of hydrogen-bond donors (Lipinski definition) is 1. The average Bonchev–Trinajstić information content (AvgIpc) is 3.36. The molecule has 29 heavy (non-hydrogen) atoms. The SMILES string of the molecule is CSc1cc2c(cc1C(F)(F)F)N(C(=O)Nc1cccc(-c3cncs3)c1)CC2. The van der Waals surface area contributed by atoms with Crippen molar-refractivity contribution in [1.82, 2.24) is 4.98 Å². The molecule has 1 aromatic heterocycles. The van der Waals surface area contributed by atoms with E-state index in [9.17, 15) is 18.0 Å². The Kier molecular flexibility index (Phi) is 5.26. The number of rotatable bonds is 3. The van der Waals surface area contributed by atoms with Crippen LogP contribution >= 0.6 is 23.1 Å². The van der Waals surface area contributed by atoms with E-state index >= 15 is 0 Å². The van der Waals surface area contributed by atoms with Crippen LogP contribution in [0.5, 0.6) is 0 Å². The summed E-state index contributed by atoms with van der Waals surface area (Å²) in [4.78, 5) is 19.4. The molecule has 0 spiro atoms. The number of thioether (sulfide) groups is 1. The molecule has 0 unspecified atom stereocenters. The lowest BCUT2D eigenvalue weighted by Gasteiger charge is -2.20. The zero-order chi connectivity index (χ0) is 20.6. The number of alkyl halides is 3. The van der Waals surface area contributed by atoms with Gasteiger partial charge in [-0.15, -0.1) is 23.1 Å². The third-order valence-electron chi connectivity index (χ3n) is 4.68. The molecule has 1 N–H and O–H groups in total. The Bertz CT molecular complexity index is 1050. The second kappa shape index (κ2) is 7.72. The van der Waals surface area contributed by atoms with Gasteiger partial charge in [-0.3, -0.25) is 9.88 Å². The van der Waals surface area contributed by atoms with Crippen molar-refractivity contribution in [2.75, 3.05) is 23.0 Å². The van der Waals surface area contributed by atoms with Crippen LogP contribution in [0.25, 0.3) is 10.4 Å². The molecule has 3 aromatic rings. The maximum atomic E-state index is 13.4. The lowest BCUT2D eigenvalue weighted by atomic mass is 10.1. The minimum absolute atomic E-state index is 0.177. The lowest BCUT2D eigenvalue weighted by molar-refractivity contribution is -0.139. The van der Waals surface area contributed by atoms with Gasteiger partial charge in [0.05, 0.1) is 16.0 Å². The van der Waals surface area contributed by atoms with Crippen LogP contribution in [0.3, 0.4) is 0 Å². The van der Waals surface area contributed by atoms with Crippen molar-refractivity contribution < 1.29 is 18.0 Å². The Morgan fingerprint density at radius 3 is 2.79 bits per heavy atom. The van der Waals surface area contributed by atoms with Crippen molar-refractivity contribution >= 4 is 40.5 Å². The highest BCUT2D eigenvalue weighted by Crippen LogP contribution is 2.42. The minimum Gasteiger partial charge on any atom is -0.308 e. The molecule has 0 aliphatic carbocycles. The van der Waals surface area contributed by atoms with Crippen molar-refractivity contribution in [3.05, 3.63) is 59.2 Å².